The summed E-state index contributed by atoms with van der Waals surface area (Å²) in [6, 6.07) is 3.78. The van der Waals surface area contributed by atoms with Crippen LogP contribution in [-0.2, 0) is 4.79 Å². The molecule has 0 aliphatic heterocycles. The fourth-order valence-electron chi connectivity index (χ4n) is 1.83. The Labute approximate surface area is 112 Å². The Balaban J connectivity index is 2.26. The molecule has 2 rings (SSSR count). The number of carboxylic acid groups (broad SMARTS) is 1. The van der Waals surface area contributed by atoms with Crippen molar-refractivity contribution in [1.29, 1.82) is 0 Å². The first-order valence-corrected chi connectivity index (χ1v) is 5.78. The maximum absolute atomic E-state index is 13.8. The number of benzene rings is 1. The Morgan fingerprint density at radius 3 is 2.61 bits per heavy atom. The third kappa shape index (κ3) is 2.15. The fraction of sp³-hybridized carbons (Fsp3) is 0.273. The zero-order chi connectivity index (χ0) is 13.5. The van der Waals surface area contributed by atoms with Crippen molar-refractivity contribution in [2.75, 3.05) is 5.32 Å². The molecule has 1 saturated carbocycles. The number of halogens is 3. The molecule has 96 valence electrons. The molecule has 0 radical (unpaired) electrons. The average Bonchev–Trinajstić information content (AvgIpc) is 2.26. The van der Waals surface area contributed by atoms with E-state index in [1.807, 2.05) is 5.32 Å². The largest absolute Gasteiger partial charge is 0.465 e. The predicted molar refractivity (Wildman–Crippen MR) is 64.8 cm³/mol. The Bertz CT molecular complexity index is 533. The second-order valence-electron chi connectivity index (χ2n) is 3.97. The molecule has 0 bridgehead atoms. The third-order valence-corrected chi connectivity index (χ3v) is 3.77. The van der Waals surface area contributed by atoms with Gasteiger partial charge in [0.2, 0.25) is 0 Å². The number of carbonyl (C=O) groups excluding carboxylic acids is 1. The van der Waals surface area contributed by atoms with Crippen LogP contribution in [0, 0.1) is 5.82 Å². The highest BCUT2D eigenvalue weighted by Crippen LogP contribution is 2.51. The smallest absolute Gasteiger partial charge is 0.409 e. The van der Waals surface area contributed by atoms with Gasteiger partial charge in [0, 0.05) is 18.0 Å². The second kappa shape index (κ2) is 4.40. The topological polar surface area (TPSA) is 66.4 Å². The number of rotatable bonds is 2. The van der Waals surface area contributed by atoms with E-state index in [2.05, 4.69) is 0 Å². The summed E-state index contributed by atoms with van der Waals surface area (Å²) in [4.78, 5) is 21.6. The van der Waals surface area contributed by atoms with Crippen molar-refractivity contribution in [2.45, 2.75) is 16.7 Å². The van der Waals surface area contributed by atoms with Crippen molar-refractivity contribution >= 4 is 40.8 Å². The van der Waals surface area contributed by atoms with E-state index >= 15 is 0 Å². The van der Waals surface area contributed by atoms with Crippen LogP contribution in [0.3, 0.4) is 0 Å². The van der Waals surface area contributed by atoms with Crippen molar-refractivity contribution in [3.05, 3.63) is 29.6 Å². The quantitative estimate of drug-likeness (QED) is 0.823. The van der Waals surface area contributed by atoms with E-state index in [1.165, 1.54) is 12.1 Å². The zero-order valence-electron chi connectivity index (χ0n) is 8.91. The molecule has 1 amide bonds. The molecule has 18 heavy (non-hydrogen) atoms. The van der Waals surface area contributed by atoms with Crippen LogP contribution in [0.1, 0.15) is 17.9 Å². The van der Waals surface area contributed by atoms with Crippen LogP contribution < -0.4 is 5.32 Å². The molecule has 4 nitrogen and oxygen atoms in total. The van der Waals surface area contributed by atoms with Crippen LogP contribution >= 0.6 is 23.2 Å². The Hall–Kier alpha value is -1.33. The highest BCUT2D eigenvalue weighted by molar-refractivity contribution is 6.61. The molecule has 0 aromatic heterocycles. The summed E-state index contributed by atoms with van der Waals surface area (Å²) in [6.07, 6.45) is -1.21. The Kier molecular flexibility index (Phi) is 3.21. The minimum atomic E-state index is -1.59. The zero-order valence-corrected chi connectivity index (χ0v) is 10.4. The van der Waals surface area contributed by atoms with Gasteiger partial charge in [-0.15, -0.1) is 0 Å². The monoisotopic (exact) mass is 291 g/mol. The van der Waals surface area contributed by atoms with Gasteiger partial charge in [-0.2, -0.15) is 0 Å². The van der Waals surface area contributed by atoms with Crippen molar-refractivity contribution < 1.29 is 19.1 Å². The summed E-state index contributed by atoms with van der Waals surface area (Å²) in [5.74, 6) is -1.60. The van der Waals surface area contributed by atoms with Gasteiger partial charge in [0.15, 0.2) is 10.1 Å². The second-order valence-corrected chi connectivity index (χ2v) is 5.36. The number of amides is 1. The molecule has 2 N–H and O–H groups in total. The van der Waals surface area contributed by atoms with Crippen molar-refractivity contribution in [3.63, 3.8) is 0 Å². The van der Waals surface area contributed by atoms with Gasteiger partial charge in [0.25, 0.3) is 0 Å². The van der Waals surface area contributed by atoms with Gasteiger partial charge in [0.1, 0.15) is 5.82 Å². The first-order chi connectivity index (χ1) is 8.32. The molecule has 1 aliphatic rings. The summed E-state index contributed by atoms with van der Waals surface area (Å²) in [6.45, 7) is 0. The highest BCUT2D eigenvalue weighted by atomic mass is 35.5. The van der Waals surface area contributed by atoms with Gasteiger partial charge in [-0.1, -0.05) is 29.3 Å². The molecule has 0 saturated heterocycles. The summed E-state index contributed by atoms with van der Waals surface area (Å²) in [5.41, 5.74) is 0.305. The van der Waals surface area contributed by atoms with Crippen LogP contribution in [0.25, 0.3) is 0 Å². The van der Waals surface area contributed by atoms with Crippen LogP contribution in [0.15, 0.2) is 18.2 Å². The molecule has 1 unspecified atom stereocenters. The van der Waals surface area contributed by atoms with E-state index in [-0.39, 0.29) is 23.5 Å². The van der Waals surface area contributed by atoms with E-state index in [1.54, 1.807) is 0 Å². The molecular weight excluding hydrogens is 284 g/mol. The SMILES string of the molecule is O=C(O)Nc1ccc(C2CC(=O)C2(Cl)Cl)c(F)c1. The lowest BCUT2D eigenvalue weighted by molar-refractivity contribution is -0.125. The van der Waals surface area contributed by atoms with Gasteiger partial charge >= 0.3 is 6.09 Å². The molecule has 1 fully saturated rings. The summed E-state index contributed by atoms with van der Waals surface area (Å²) < 4.78 is 12.2. The fourth-order valence-corrected chi connectivity index (χ4v) is 2.37. The van der Waals surface area contributed by atoms with Gasteiger partial charge in [-0.3, -0.25) is 10.1 Å². The number of anilines is 1. The van der Waals surface area contributed by atoms with E-state index in [0.717, 1.165) is 6.07 Å². The minimum absolute atomic E-state index is 0.0790. The van der Waals surface area contributed by atoms with Crippen LogP contribution in [0.5, 0.6) is 0 Å². The number of carbonyl (C=O) groups is 2. The molecule has 0 spiro atoms. The standard InChI is InChI=1S/C11H8Cl2FNO3/c12-11(13)7(4-9(11)16)6-2-1-5(3-8(6)14)15-10(17)18/h1-3,7,15H,4H2,(H,17,18). The van der Waals surface area contributed by atoms with Gasteiger partial charge < -0.3 is 5.11 Å². The lowest BCUT2D eigenvalue weighted by atomic mass is 9.77. The maximum Gasteiger partial charge on any atom is 0.409 e. The normalized spacial score (nSPS) is 21.3. The molecule has 7 heteroatoms. The minimum Gasteiger partial charge on any atom is -0.465 e. The van der Waals surface area contributed by atoms with E-state index < -0.39 is 22.2 Å². The number of ketones is 1. The van der Waals surface area contributed by atoms with E-state index in [4.69, 9.17) is 28.3 Å². The Morgan fingerprint density at radius 2 is 2.17 bits per heavy atom. The van der Waals surface area contributed by atoms with Gasteiger partial charge in [-0.25, -0.2) is 9.18 Å². The summed E-state index contributed by atoms with van der Waals surface area (Å²) >= 11 is 11.6. The predicted octanol–water partition coefficient (Wildman–Crippen LogP) is 3.15. The van der Waals surface area contributed by atoms with Gasteiger partial charge in [-0.05, 0) is 17.7 Å². The van der Waals surface area contributed by atoms with E-state index in [0.29, 0.717) is 0 Å². The van der Waals surface area contributed by atoms with E-state index in [9.17, 15) is 14.0 Å². The molecule has 1 aliphatic carbocycles. The average molecular weight is 292 g/mol. The first kappa shape index (κ1) is 13.1. The van der Waals surface area contributed by atoms with Crippen molar-refractivity contribution in [2.24, 2.45) is 0 Å². The Morgan fingerprint density at radius 1 is 1.50 bits per heavy atom. The number of nitrogens with one attached hydrogen (secondary N) is 1. The third-order valence-electron chi connectivity index (χ3n) is 2.83. The number of Topliss-reactive ketones (excluding diaryl/α,β-unsaturated/α-hetero) is 1. The highest BCUT2D eigenvalue weighted by Gasteiger charge is 2.53. The number of hydrogen-bond acceptors (Lipinski definition) is 2. The van der Waals surface area contributed by atoms with Crippen LogP contribution in [0.2, 0.25) is 0 Å². The summed E-state index contributed by atoms with van der Waals surface area (Å²) in [7, 11) is 0. The molecule has 1 atom stereocenters. The number of hydrogen-bond donors (Lipinski definition) is 2. The molecule has 1 aromatic rings. The summed E-state index contributed by atoms with van der Waals surface area (Å²) in [5, 5.41) is 10.5. The van der Waals surface area contributed by atoms with Crippen molar-refractivity contribution in [1.82, 2.24) is 0 Å². The van der Waals surface area contributed by atoms with Crippen LogP contribution in [0.4, 0.5) is 14.9 Å². The molecule has 1 aromatic carbocycles. The van der Waals surface area contributed by atoms with Crippen molar-refractivity contribution in [3.8, 4) is 0 Å². The lowest BCUT2D eigenvalue weighted by Crippen LogP contribution is -2.45. The van der Waals surface area contributed by atoms with Crippen LogP contribution in [-0.4, -0.2) is 21.3 Å². The molecular formula is C11H8Cl2FNO3. The first-order valence-electron chi connectivity index (χ1n) is 5.03. The number of alkyl halides is 2. The molecule has 0 heterocycles. The maximum atomic E-state index is 13.8. The van der Waals surface area contributed by atoms with Gasteiger partial charge in [0.05, 0.1) is 0 Å². The lowest BCUT2D eigenvalue weighted by Gasteiger charge is -2.38.